The predicted molar refractivity (Wildman–Crippen MR) is 169 cm³/mol. The Labute approximate surface area is 280 Å². The molecule has 1 fully saturated rings. The molecule has 0 saturated carbocycles. The number of unbranched alkanes of at least 4 members (excludes halogenated alkanes) is 1. The summed E-state index contributed by atoms with van der Waals surface area (Å²) in [5.74, 6) is -2.13. The SMILES string of the molecule is Cl.O=C(CNC(=O)[C@H](CCCCNC(=O)OCc1ccccc1)NC(=O)[C@@H]1CCCN1)Oc1c(Cl)c(Cl)c(Cl)c(Cl)c1Cl. The number of ether oxygens (including phenoxy) is 2. The minimum atomic E-state index is -0.940. The van der Waals surface area contributed by atoms with E-state index in [2.05, 4.69) is 21.3 Å². The highest BCUT2D eigenvalue weighted by atomic mass is 35.5. The van der Waals surface area contributed by atoms with Crippen LogP contribution in [-0.4, -0.2) is 55.6 Å². The van der Waals surface area contributed by atoms with Gasteiger partial charge in [0, 0.05) is 6.54 Å². The van der Waals surface area contributed by atoms with Crippen molar-refractivity contribution in [2.45, 2.75) is 50.8 Å². The lowest BCUT2D eigenvalue weighted by molar-refractivity contribution is -0.136. The monoisotopic (exact) mass is 716 g/mol. The van der Waals surface area contributed by atoms with Gasteiger partial charge in [0.15, 0.2) is 5.75 Å². The van der Waals surface area contributed by atoms with Crippen LogP contribution in [0.4, 0.5) is 4.79 Å². The van der Waals surface area contributed by atoms with Gasteiger partial charge in [0.1, 0.15) is 29.2 Å². The normalized spacial score (nSPS) is 14.7. The Kier molecular flexibility index (Phi) is 16.0. The third-order valence-corrected chi connectivity index (χ3v) is 8.45. The summed E-state index contributed by atoms with van der Waals surface area (Å²) in [6.07, 6.45) is 2.17. The van der Waals surface area contributed by atoms with E-state index in [4.69, 9.17) is 67.5 Å². The molecule has 236 valence electrons. The third-order valence-electron chi connectivity index (χ3n) is 6.20. The molecule has 0 radical (unpaired) electrons. The van der Waals surface area contributed by atoms with Gasteiger partial charge >= 0.3 is 12.1 Å². The summed E-state index contributed by atoms with van der Waals surface area (Å²) >= 11 is 30.1. The molecule has 1 aliphatic heterocycles. The van der Waals surface area contributed by atoms with Gasteiger partial charge in [0.05, 0.1) is 21.1 Å². The largest absolute Gasteiger partial charge is 0.445 e. The van der Waals surface area contributed by atoms with E-state index in [1.807, 2.05) is 30.3 Å². The number of hydrogen-bond donors (Lipinski definition) is 4. The molecule has 0 aromatic heterocycles. The lowest BCUT2D eigenvalue weighted by atomic mass is 10.1. The maximum Gasteiger partial charge on any atom is 0.407 e. The number of halogens is 6. The van der Waals surface area contributed by atoms with Crippen molar-refractivity contribution < 1.29 is 28.7 Å². The minimum Gasteiger partial charge on any atom is -0.445 e. The molecule has 2 atom stereocenters. The topological polar surface area (TPSA) is 135 Å². The highest BCUT2D eigenvalue weighted by molar-refractivity contribution is 6.55. The van der Waals surface area contributed by atoms with Crippen LogP contribution in [0.2, 0.25) is 25.1 Å². The number of benzene rings is 2. The number of rotatable bonds is 13. The number of alkyl carbamates (subject to hydrolysis) is 1. The van der Waals surface area contributed by atoms with Crippen LogP contribution in [0.3, 0.4) is 0 Å². The van der Waals surface area contributed by atoms with Gasteiger partial charge in [-0.15, -0.1) is 12.4 Å². The van der Waals surface area contributed by atoms with Gasteiger partial charge in [-0.3, -0.25) is 9.59 Å². The minimum absolute atomic E-state index is 0. The molecule has 3 amide bonds. The second kappa shape index (κ2) is 18.6. The number of amides is 3. The summed E-state index contributed by atoms with van der Waals surface area (Å²) in [7, 11) is 0. The molecule has 0 spiro atoms. The Balaban J connectivity index is 0.00000645. The Bertz CT molecular complexity index is 1250. The number of esters is 1. The van der Waals surface area contributed by atoms with Crippen molar-refractivity contribution in [3.8, 4) is 5.75 Å². The summed E-state index contributed by atoms with van der Waals surface area (Å²) in [4.78, 5) is 50.1. The van der Waals surface area contributed by atoms with Crippen LogP contribution in [0.15, 0.2) is 30.3 Å². The molecule has 1 aliphatic rings. The van der Waals surface area contributed by atoms with Crippen molar-refractivity contribution in [3.63, 3.8) is 0 Å². The average Bonchev–Trinajstić information content (AvgIpc) is 3.54. The highest BCUT2D eigenvalue weighted by Crippen LogP contribution is 2.48. The second-order valence-corrected chi connectivity index (χ2v) is 11.2. The van der Waals surface area contributed by atoms with E-state index in [9.17, 15) is 19.2 Å². The molecule has 3 rings (SSSR count). The van der Waals surface area contributed by atoms with Gasteiger partial charge in [0.2, 0.25) is 11.8 Å². The quantitative estimate of drug-likeness (QED) is 0.0684. The summed E-state index contributed by atoms with van der Waals surface area (Å²) in [6.45, 7) is 0.595. The van der Waals surface area contributed by atoms with Crippen LogP contribution < -0.4 is 26.0 Å². The lowest BCUT2D eigenvalue weighted by Crippen LogP contribution is -2.52. The summed E-state index contributed by atoms with van der Waals surface area (Å²) < 4.78 is 10.3. The van der Waals surface area contributed by atoms with Crippen molar-refractivity contribution in [3.05, 3.63) is 61.0 Å². The molecule has 10 nitrogen and oxygen atoms in total. The fraction of sp³-hybridized carbons (Fsp3) is 0.407. The Morgan fingerprint density at radius 3 is 2.19 bits per heavy atom. The smallest absolute Gasteiger partial charge is 0.407 e. The predicted octanol–water partition coefficient (Wildman–Crippen LogP) is 5.73. The van der Waals surface area contributed by atoms with Crippen LogP contribution in [0.5, 0.6) is 5.75 Å². The first-order valence-electron chi connectivity index (χ1n) is 13.1. The fourth-order valence-electron chi connectivity index (χ4n) is 3.99. The Hall–Kier alpha value is -2.18. The van der Waals surface area contributed by atoms with Crippen molar-refractivity contribution in [2.75, 3.05) is 19.6 Å². The number of hydrogen-bond acceptors (Lipinski definition) is 7. The van der Waals surface area contributed by atoms with Crippen LogP contribution in [0, 0.1) is 0 Å². The van der Waals surface area contributed by atoms with Crippen molar-refractivity contribution in [1.82, 2.24) is 21.3 Å². The van der Waals surface area contributed by atoms with Crippen molar-refractivity contribution >= 4 is 94.3 Å². The van der Waals surface area contributed by atoms with Gasteiger partial charge in [0.25, 0.3) is 0 Å². The molecule has 0 aliphatic carbocycles. The van der Waals surface area contributed by atoms with Crippen LogP contribution in [0.1, 0.15) is 37.7 Å². The van der Waals surface area contributed by atoms with Gasteiger partial charge in [-0.25, -0.2) is 9.59 Å². The average molecular weight is 719 g/mol. The molecule has 2 aromatic carbocycles. The molecule has 43 heavy (non-hydrogen) atoms. The van der Waals surface area contributed by atoms with E-state index in [0.29, 0.717) is 32.4 Å². The maximum absolute atomic E-state index is 13.0. The molecule has 1 saturated heterocycles. The third kappa shape index (κ3) is 11.4. The zero-order chi connectivity index (χ0) is 30.6. The standard InChI is InChI=1S/C27H29Cl5N4O6.ClH/c28-19-20(29)22(31)24(23(32)21(19)30)42-18(37)13-35-25(38)17(36-26(39)16-10-6-12-33-16)9-4-5-11-34-27(40)41-14-15-7-2-1-3-8-15;/h1-3,7-8,16-17,33H,4-6,9-14H2,(H,34,40)(H,35,38)(H,36,39);1H/t16-,17-;/m0./s1. The molecular weight excluding hydrogens is 689 g/mol. The van der Waals surface area contributed by atoms with E-state index in [1.165, 1.54) is 0 Å². The van der Waals surface area contributed by atoms with Crippen molar-refractivity contribution in [1.29, 1.82) is 0 Å². The molecule has 1 heterocycles. The molecule has 0 bridgehead atoms. The maximum atomic E-state index is 13.0. The first-order valence-corrected chi connectivity index (χ1v) is 15.0. The molecule has 2 aromatic rings. The van der Waals surface area contributed by atoms with E-state index < -0.39 is 36.6 Å². The van der Waals surface area contributed by atoms with Gasteiger partial charge in [-0.2, -0.15) is 0 Å². The molecule has 0 unspecified atom stereocenters. The van der Waals surface area contributed by atoms with Gasteiger partial charge < -0.3 is 30.7 Å². The van der Waals surface area contributed by atoms with E-state index >= 15 is 0 Å². The Morgan fingerprint density at radius 2 is 1.56 bits per heavy atom. The second-order valence-electron chi connectivity index (χ2n) is 9.29. The van der Waals surface area contributed by atoms with Crippen LogP contribution in [-0.2, 0) is 25.7 Å². The van der Waals surface area contributed by atoms with Crippen LogP contribution in [0.25, 0.3) is 0 Å². The first kappa shape index (κ1) is 37.0. The highest BCUT2D eigenvalue weighted by Gasteiger charge is 2.28. The Morgan fingerprint density at radius 1 is 0.907 bits per heavy atom. The summed E-state index contributed by atoms with van der Waals surface area (Å²) in [5.41, 5.74) is 0.866. The van der Waals surface area contributed by atoms with E-state index in [1.54, 1.807) is 0 Å². The van der Waals surface area contributed by atoms with E-state index in [-0.39, 0.29) is 62.2 Å². The number of carbonyl (C=O) groups is 4. The lowest BCUT2D eigenvalue weighted by Gasteiger charge is -2.20. The number of carbonyl (C=O) groups excluding carboxylic acids is 4. The first-order chi connectivity index (χ1) is 20.1. The summed E-state index contributed by atoms with van der Waals surface area (Å²) in [6, 6.07) is 7.92. The molecular formula is C27H30Cl6N4O6. The summed E-state index contributed by atoms with van der Waals surface area (Å²) in [5, 5.41) is 10.1. The van der Waals surface area contributed by atoms with E-state index in [0.717, 1.165) is 12.0 Å². The zero-order valence-corrected chi connectivity index (χ0v) is 27.2. The van der Waals surface area contributed by atoms with Crippen LogP contribution >= 0.6 is 70.4 Å². The number of nitrogens with one attached hydrogen (secondary N) is 4. The fourth-order valence-corrected chi connectivity index (χ4v) is 5.19. The zero-order valence-electron chi connectivity index (χ0n) is 22.7. The molecule has 16 heteroatoms. The van der Waals surface area contributed by atoms with Gasteiger partial charge in [-0.05, 0) is 44.2 Å². The van der Waals surface area contributed by atoms with Gasteiger partial charge in [-0.1, -0.05) is 88.3 Å². The van der Waals surface area contributed by atoms with Crippen molar-refractivity contribution in [2.24, 2.45) is 0 Å². The molecule has 4 N–H and O–H groups in total.